The maximum Gasteiger partial charge on any atom is 0.0562 e. The van der Waals surface area contributed by atoms with Gasteiger partial charge in [-0.05, 0) is 131 Å². The summed E-state index contributed by atoms with van der Waals surface area (Å²) >= 11 is 0. The smallest absolute Gasteiger partial charge is 0.0562 e. The van der Waals surface area contributed by atoms with Gasteiger partial charge in [-0.2, -0.15) is 0 Å². The first-order chi connectivity index (χ1) is 34.3. The van der Waals surface area contributed by atoms with Crippen LogP contribution in [0, 0.1) is 0 Å². The first kappa shape index (κ1) is 44.3. The first-order valence-corrected chi connectivity index (χ1v) is 25.3. The highest BCUT2D eigenvalue weighted by Crippen LogP contribution is 2.54. The molecule has 0 radical (unpaired) electrons. The normalized spacial score (nSPS) is 13.2. The molecule has 11 aromatic rings. The van der Waals surface area contributed by atoms with E-state index >= 15 is 0 Å². The molecule has 0 atom stereocenters. The van der Waals surface area contributed by atoms with Gasteiger partial charge in [0, 0.05) is 33.1 Å². The molecule has 2 heteroatoms. The van der Waals surface area contributed by atoms with E-state index in [1.807, 2.05) is 0 Å². The van der Waals surface area contributed by atoms with Crippen LogP contribution in [0.25, 0.3) is 82.8 Å². The van der Waals surface area contributed by atoms with Crippen molar-refractivity contribution in [3.05, 3.63) is 241 Å². The van der Waals surface area contributed by atoms with Crippen LogP contribution in [0.1, 0.15) is 77.6 Å². The summed E-state index contributed by atoms with van der Waals surface area (Å²) in [5.74, 6) is 0. The van der Waals surface area contributed by atoms with Crippen LogP contribution in [0.3, 0.4) is 0 Å². The number of aromatic nitrogens is 1. The Morgan fingerprint density at radius 2 is 0.958 bits per heavy atom. The molecule has 0 saturated heterocycles. The predicted molar refractivity (Wildman–Crippen MR) is 304 cm³/mol. The van der Waals surface area contributed by atoms with Crippen molar-refractivity contribution in [2.45, 2.75) is 71.6 Å². The Hall–Kier alpha value is -7.94. The van der Waals surface area contributed by atoms with Gasteiger partial charge in [-0.15, -0.1) is 0 Å². The average molecular weight is 917 g/mol. The number of rotatable bonds is 7. The van der Waals surface area contributed by atoms with Crippen molar-refractivity contribution >= 4 is 49.6 Å². The van der Waals surface area contributed by atoms with Crippen LogP contribution < -0.4 is 4.90 Å². The average Bonchev–Trinajstić information content (AvgIpc) is 3.85. The van der Waals surface area contributed by atoms with Crippen LogP contribution in [0.5, 0.6) is 0 Å². The van der Waals surface area contributed by atoms with E-state index in [0.717, 1.165) is 28.3 Å². The van der Waals surface area contributed by atoms with Crippen LogP contribution in [-0.2, 0) is 16.2 Å². The predicted octanol–water partition coefficient (Wildman–Crippen LogP) is 19.3. The standard InChI is InChI=1S/C69H60N2/c1-67(2,3)48-41-47(42-49(44-48)68(4,5)6)52-32-19-23-45-24-20-34-56(64(45)52)55-30-13-16-37-60(55)71(63-40-22-39-62-65(63)58-31-14-17-38-61(58)70(62)50-26-10-9-11-27-50)51-28-18-25-46(43-51)53-33-21-35-57-54-29-12-15-36-59(54)69(7,8)66(53)57/h9-44H,1-8H3. The van der Waals surface area contributed by atoms with Crippen molar-refractivity contribution in [3.63, 3.8) is 0 Å². The molecule has 0 aliphatic heterocycles. The fraction of sp³-hybridized carbons (Fsp3) is 0.159. The highest BCUT2D eigenvalue weighted by Gasteiger charge is 2.37. The highest BCUT2D eigenvalue weighted by atomic mass is 15.2. The second kappa shape index (κ2) is 16.6. The molecule has 0 N–H and O–H groups in total. The van der Waals surface area contributed by atoms with E-state index in [-0.39, 0.29) is 16.2 Å². The van der Waals surface area contributed by atoms with Crippen molar-refractivity contribution in [2.75, 3.05) is 4.90 Å². The Labute approximate surface area is 419 Å². The minimum absolute atomic E-state index is 0.0186. The summed E-state index contributed by atoms with van der Waals surface area (Å²) in [5.41, 5.74) is 22.0. The lowest BCUT2D eigenvalue weighted by Gasteiger charge is -2.30. The topological polar surface area (TPSA) is 8.17 Å². The van der Waals surface area contributed by atoms with E-state index < -0.39 is 0 Å². The third-order valence-electron chi connectivity index (χ3n) is 15.2. The molecule has 1 aromatic heterocycles. The number of benzene rings is 10. The van der Waals surface area contributed by atoms with Crippen LogP contribution in [-0.4, -0.2) is 4.57 Å². The maximum atomic E-state index is 2.55. The molecule has 0 unspecified atom stereocenters. The van der Waals surface area contributed by atoms with Gasteiger partial charge in [-0.3, -0.25) is 0 Å². The van der Waals surface area contributed by atoms with E-state index in [9.17, 15) is 0 Å². The number of hydrogen-bond donors (Lipinski definition) is 0. The zero-order chi connectivity index (χ0) is 48.8. The summed E-state index contributed by atoms with van der Waals surface area (Å²) < 4.78 is 2.43. The third-order valence-corrected chi connectivity index (χ3v) is 15.2. The van der Waals surface area contributed by atoms with Crippen molar-refractivity contribution in [1.82, 2.24) is 4.57 Å². The summed E-state index contributed by atoms with van der Waals surface area (Å²) in [4.78, 5) is 2.55. The van der Waals surface area contributed by atoms with Gasteiger partial charge in [0.1, 0.15) is 0 Å². The summed E-state index contributed by atoms with van der Waals surface area (Å²) in [6, 6.07) is 81.8. The second-order valence-corrected chi connectivity index (χ2v) is 22.2. The number of para-hydroxylation sites is 3. The van der Waals surface area contributed by atoms with Crippen molar-refractivity contribution < 1.29 is 0 Å². The van der Waals surface area contributed by atoms with E-state index in [4.69, 9.17) is 0 Å². The van der Waals surface area contributed by atoms with Gasteiger partial charge in [-0.1, -0.05) is 225 Å². The highest BCUT2D eigenvalue weighted by molar-refractivity contribution is 6.17. The van der Waals surface area contributed by atoms with Crippen LogP contribution in [0.15, 0.2) is 218 Å². The largest absolute Gasteiger partial charge is 0.309 e. The molecule has 71 heavy (non-hydrogen) atoms. The Bertz CT molecular complexity index is 3830. The maximum absolute atomic E-state index is 2.55. The third kappa shape index (κ3) is 7.30. The van der Waals surface area contributed by atoms with Crippen molar-refractivity contribution in [2.24, 2.45) is 0 Å². The van der Waals surface area contributed by atoms with Gasteiger partial charge in [0.25, 0.3) is 0 Å². The molecule has 1 aliphatic carbocycles. The molecule has 10 aromatic carbocycles. The summed E-state index contributed by atoms with van der Waals surface area (Å²) in [6.45, 7) is 18.7. The van der Waals surface area contributed by atoms with E-state index in [1.165, 1.54) is 93.8 Å². The lowest BCUT2D eigenvalue weighted by molar-refractivity contribution is 0.569. The van der Waals surface area contributed by atoms with Gasteiger partial charge in [-0.25, -0.2) is 0 Å². The van der Waals surface area contributed by atoms with Gasteiger partial charge in [0.05, 0.1) is 22.4 Å². The molecule has 0 spiro atoms. The Morgan fingerprint density at radius 3 is 1.72 bits per heavy atom. The number of hydrogen-bond acceptors (Lipinski definition) is 1. The molecule has 346 valence electrons. The first-order valence-electron chi connectivity index (χ1n) is 25.3. The number of nitrogens with zero attached hydrogens (tertiary/aromatic N) is 2. The van der Waals surface area contributed by atoms with E-state index in [0.29, 0.717) is 0 Å². The Kier molecular flexibility index (Phi) is 10.4. The van der Waals surface area contributed by atoms with Gasteiger partial charge in [0.15, 0.2) is 0 Å². The quantitative estimate of drug-likeness (QED) is 0.155. The zero-order valence-corrected chi connectivity index (χ0v) is 42.2. The SMILES string of the molecule is CC(C)(C)c1cc(-c2cccc3cccc(-c4ccccc4N(c4cccc(-c5cccc6c5C(C)(C)c5ccccc5-6)c4)c4cccc5c4c4ccccc4n5-c4ccccc4)c23)cc(C(C)(C)C)c1. The minimum atomic E-state index is -0.165. The molecule has 0 amide bonds. The summed E-state index contributed by atoms with van der Waals surface area (Å²) in [7, 11) is 0. The minimum Gasteiger partial charge on any atom is -0.309 e. The molecule has 12 rings (SSSR count). The molecule has 1 heterocycles. The lowest BCUT2D eigenvalue weighted by atomic mass is 9.78. The van der Waals surface area contributed by atoms with Gasteiger partial charge in [0.2, 0.25) is 0 Å². The summed E-state index contributed by atoms with van der Waals surface area (Å²) in [5, 5.41) is 4.89. The van der Waals surface area contributed by atoms with Crippen LogP contribution in [0.4, 0.5) is 17.1 Å². The fourth-order valence-corrected chi connectivity index (χ4v) is 11.7. The van der Waals surface area contributed by atoms with Crippen LogP contribution >= 0.6 is 0 Å². The molecular weight excluding hydrogens is 857 g/mol. The Balaban J connectivity index is 1.14. The van der Waals surface area contributed by atoms with E-state index in [2.05, 4.69) is 283 Å². The fourth-order valence-electron chi connectivity index (χ4n) is 11.7. The monoisotopic (exact) mass is 916 g/mol. The molecule has 0 saturated carbocycles. The van der Waals surface area contributed by atoms with Gasteiger partial charge >= 0.3 is 0 Å². The molecule has 0 bridgehead atoms. The molecular formula is C69H60N2. The van der Waals surface area contributed by atoms with Crippen LogP contribution in [0.2, 0.25) is 0 Å². The molecule has 0 fully saturated rings. The molecule has 1 aliphatic rings. The zero-order valence-electron chi connectivity index (χ0n) is 42.2. The van der Waals surface area contributed by atoms with E-state index in [1.54, 1.807) is 0 Å². The number of anilines is 3. The molecule has 2 nitrogen and oxygen atoms in total. The lowest BCUT2D eigenvalue weighted by Crippen LogP contribution is -2.16. The summed E-state index contributed by atoms with van der Waals surface area (Å²) in [6.07, 6.45) is 0. The van der Waals surface area contributed by atoms with Gasteiger partial charge < -0.3 is 9.47 Å². The van der Waals surface area contributed by atoms with Crippen molar-refractivity contribution in [1.29, 1.82) is 0 Å². The van der Waals surface area contributed by atoms with Crippen molar-refractivity contribution in [3.8, 4) is 50.2 Å². The second-order valence-electron chi connectivity index (χ2n) is 22.2. The number of fused-ring (bicyclic) bond motifs is 7. The Morgan fingerprint density at radius 1 is 0.394 bits per heavy atom.